The molecule has 1 aliphatic rings. The molecule has 1 aliphatic heterocycles. The van der Waals surface area contributed by atoms with E-state index in [4.69, 9.17) is 4.74 Å². The number of piperidine rings is 1. The minimum absolute atomic E-state index is 0.0191. The number of nitrogens with zero attached hydrogens (tertiary/aromatic N) is 3. The van der Waals surface area contributed by atoms with Gasteiger partial charge in [-0.15, -0.1) is 0 Å². The van der Waals surface area contributed by atoms with Crippen LogP contribution >= 0.6 is 0 Å². The number of amides is 2. The average molecular weight is 426 g/mol. The number of pyridine rings is 1. The Labute approximate surface area is 182 Å². The SMILES string of the molecule is CCN(CC)C(=O)C1CCN(C(=O)/C=C/c2ccc(Oc3cccnc3)c(F)c2)CC1. The van der Waals surface area contributed by atoms with E-state index in [1.165, 1.54) is 24.4 Å². The van der Waals surface area contributed by atoms with Crippen LogP contribution in [0.5, 0.6) is 11.5 Å². The minimum Gasteiger partial charge on any atom is -0.453 e. The Hall–Kier alpha value is -3.22. The van der Waals surface area contributed by atoms with E-state index in [2.05, 4.69) is 4.98 Å². The molecule has 0 atom stereocenters. The van der Waals surface area contributed by atoms with Crippen LogP contribution in [-0.4, -0.2) is 52.8 Å². The van der Waals surface area contributed by atoms with Gasteiger partial charge < -0.3 is 14.5 Å². The van der Waals surface area contributed by atoms with Gasteiger partial charge in [-0.2, -0.15) is 0 Å². The summed E-state index contributed by atoms with van der Waals surface area (Å²) in [7, 11) is 0. The Kier molecular flexibility index (Phi) is 7.76. The van der Waals surface area contributed by atoms with Crippen molar-refractivity contribution in [1.29, 1.82) is 0 Å². The second kappa shape index (κ2) is 10.7. The van der Waals surface area contributed by atoms with Gasteiger partial charge in [0.05, 0.1) is 6.20 Å². The molecule has 3 rings (SSSR count). The first-order valence-corrected chi connectivity index (χ1v) is 10.6. The fraction of sp³-hybridized carbons (Fsp3) is 0.375. The standard InChI is InChI=1S/C24H28FN3O3/c1-3-27(4-2)24(30)19-11-14-28(15-12-19)23(29)10-8-18-7-9-22(21(25)16-18)31-20-6-5-13-26-17-20/h5-10,13,16-17,19H,3-4,11-12,14-15H2,1-2H3/b10-8+. The normalized spacial score (nSPS) is 14.6. The number of carbonyl (C=O) groups is 2. The van der Waals surface area contributed by atoms with Crippen molar-refractivity contribution in [3.8, 4) is 11.5 Å². The van der Waals surface area contributed by atoms with Gasteiger partial charge in [0, 0.05) is 44.4 Å². The Morgan fingerprint density at radius 1 is 1.23 bits per heavy atom. The van der Waals surface area contributed by atoms with Gasteiger partial charge in [-0.1, -0.05) is 6.07 Å². The monoisotopic (exact) mass is 425 g/mol. The number of rotatable bonds is 7. The second-order valence-electron chi connectivity index (χ2n) is 7.42. The van der Waals surface area contributed by atoms with Crippen molar-refractivity contribution in [2.75, 3.05) is 26.2 Å². The van der Waals surface area contributed by atoms with E-state index in [1.54, 1.807) is 35.4 Å². The summed E-state index contributed by atoms with van der Waals surface area (Å²) in [4.78, 5) is 32.5. The van der Waals surface area contributed by atoms with Gasteiger partial charge in [0.1, 0.15) is 5.75 Å². The van der Waals surface area contributed by atoms with Gasteiger partial charge in [-0.05, 0) is 62.6 Å². The molecule has 31 heavy (non-hydrogen) atoms. The van der Waals surface area contributed by atoms with E-state index in [1.807, 2.05) is 18.7 Å². The van der Waals surface area contributed by atoms with Gasteiger partial charge in [0.25, 0.3) is 0 Å². The molecule has 2 aromatic rings. The maximum Gasteiger partial charge on any atom is 0.246 e. The topological polar surface area (TPSA) is 62.7 Å². The predicted molar refractivity (Wildman–Crippen MR) is 117 cm³/mol. The average Bonchev–Trinajstić information content (AvgIpc) is 2.80. The summed E-state index contributed by atoms with van der Waals surface area (Å²) in [6.07, 6.45) is 7.49. The fourth-order valence-electron chi connectivity index (χ4n) is 3.65. The van der Waals surface area contributed by atoms with Crippen molar-refractivity contribution in [1.82, 2.24) is 14.8 Å². The van der Waals surface area contributed by atoms with Crippen molar-refractivity contribution in [3.05, 3.63) is 60.2 Å². The highest BCUT2D eigenvalue weighted by atomic mass is 19.1. The summed E-state index contributed by atoms with van der Waals surface area (Å²) in [5.41, 5.74) is 0.566. The third-order valence-electron chi connectivity index (χ3n) is 5.47. The number of carbonyl (C=O) groups excluding carboxylic acids is 2. The lowest BCUT2D eigenvalue weighted by Crippen LogP contribution is -2.44. The summed E-state index contributed by atoms with van der Waals surface area (Å²) in [5.74, 6) is 0.0456. The number of likely N-dealkylation sites (tertiary alicyclic amines) is 1. The van der Waals surface area contributed by atoms with Gasteiger partial charge in [0.2, 0.25) is 11.8 Å². The fourth-order valence-corrected chi connectivity index (χ4v) is 3.65. The molecule has 1 aromatic heterocycles. The van der Waals surface area contributed by atoms with E-state index in [0.29, 0.717) is 50.3 Å². The Morgan fingerprint density at radius 2 is 1.97 bits per heavy atom. The number of aromatic nitrogens is 1. The van der Waals surface area contributed by atoms with Gasteiger partial charge in [-0.25, -0.2) is 4.39 Å². The molecule has 164 valence electrons. The molecule has 0 bridgehead atoms. The molecule has 0 aliphatic carbocycles. The van der Waals surface area contributed by atoms with E-state index in [9.17, 15) is 14.0 Å². The highest BCUT2D eigenvalue weighted by Crippen LogP contribution is 2.25. The zero-order valence-corrected chi connectivity index (χ0v) is 18.0. The highest BCUT2D eigenvalue weighted by molar-refractivity contribution is 5.92. The molecule has 7 heteroatoms. The smallest absolute Gasteiger partial charge is 0.246 e. The third kappa shape index (κ3) is 5.90. The van der Waals surface area contributed by atoms with Crippen molar-refractivity contribution in [2.24, 2.45) is 5.92 Å². The summed E-state index contributed by atoms with van der Waals surface area (Å²) in [6.45, 7) is 6.47. The van der Waals surface area contributed by atoms with Crippen LogP contribution < -0.4 is 4.74 Å². The maximum absolute atomic E-state index is 14.3. The lowest BCUT2D eigenvalue weighted by Gasteiger charge is -2.33. The molecular formula is C24H28FN3O3. The molecule has 6 nitrogen and oxygen atoms in total. The van der Waals surface area contributed by atoms with E-state index < -0.39 is 5.82 Å². The first kappa shape index (κ1) is 22.5. The van der Waals surface area contributed by atoms with E-state index in [0.717, 1.165) is 0 Å². The number of hydrogen-bond acceptors (Lipinski definition) is 4. The van der Waals surface area contributed by atoms with Crippen LogP contribution in [0, 0.1) is 11.7 Å². The summed E-state index contributed by atoms with van der Waals surface area (Å²) < 4.78 is 19.8. The van der Waals surface area contributed by atoms with Crippen LogP contribution in [0.15, 0.2) is 48.8 Å². The van der Waals surface area contributed by atoms with Crippen molar-refractivity contribution in [3.63, 3.8) is 0 Å². The molecule has 1 aromatic carbocycles. The Bertz CT molecular complexity index is 921. The number of hydrogen-bond donors (Lipinski definition) is 0. The third-order valence-corrected chi connectivity index (χ3v) is 5.47. The highest BCUT2D eigenvalue weighted by Gasteiger charge is 2.28. The molecule has 1 fully saturated rings. The minimum atomic E-state index is -0.519. The molecule has 1 saturated heterocycles. The predicted octanol–water partition coefficient (Wildman–Crippen LogP) is 4.13. The number of ether oxygens (including phenoxy) is 1. The second-order valence-corrected chi connectivity index (χ2v) is 7.42. The zero-order chi connectivity index (χ0) is 22.2. The van der Waals surface area contributed by atoms with E-state index >= 15 is 0 Å². The number of halogens is 1. The van der Waals surface area contributed by atoms with Gasteiger partial charge >= 0.3 is 0 Å². The summed E-state index contributed by atoms with van der Waals surface area (Å²) in [6, 6.07) is 7.94. The lowest BCUT2D eigenvalue weighted by molar-refractivity contribution is -0.139. The molecular weight excluding hydrogens is 397 g/mol. The summed E-state index contributed by atoms with van der Waals surface area (Å²) in [5, 5.41) is 0. The van der Waals surface area contributed by atoms with Crippen LogP contribution in [0.2, 0.25) is 0 Å². The summed E-state index contributed by atoms with van der Waals surface area (Å²) >= 11 is 0. The molecule has 0 saturated carbocycles. The maximum atomic E-state index is 14.3. The Balaban J connectivity index is 1.54. The lowest BCUT2D eigenvalue weighted by atomic mass is 9.95. The first-order chi connectivity index (χ1) is 15.0. The quantitative estimate of drug-likeness (QED) is 0.626. The molecule has 2 heterocycles. The molecule has 0 radical (unpaired) electrons. The van der Waals surface area contributed by atoms with Crippen LogP contribution in [0.4, 0.5) is 4.39 Å². The molecule has 2 amide bonds. The van der Waals surface area contributed by atoms with E-state index in [-0.39, 0.29) is 23.5 Å². The van der Waals surface area contributed by atoms with Crippen LogP contribution in [-0.2, 0) is 9.59 Å². The van der Waals surface area contributed by atoms with Crippen molar-refractivity contribution in [2.45, 2.75) is 26.7 Å². The molecule has 0 N–H and O–H groups in total. The van der Waals surface area contributed by atoms with Crippen molar-refractivity contribution >= 4 is 17.9 Å². The molecule has 0 unspecified atom stereocenters. The Morgan fingerprint density at radius 3 is 2.58 bits per heavy atom. The van der Waals surface area contributed by atoms with Gasteiger partial charge in [-0.3, -0.25) is 14.6 Å². The van der Waals surface area contributed by atoms with Crippen LogP contribution in [0.3, 0.4) is 0 Å². The number of benzene rings is 1. The van der Waals surface area contributed by atoms with Crippen LogP contribution in [0.1, 0.15) is 32.3 Å². The zero-order valence-electron chi connectivity index (χ0n) is 18.0. The van der Waals surface area contributed by atoms with Gasteiger partial charge in [0.15, 0.2) is 11.6 Å². The molecule has 0 spiro atoms. The van der Waals surface area contributed by atoms with Crippen LogP contribution in [0.25, 0.3) is 6.08 Å². The largest absolute Gasteiger partial charge is 0.453 e. The van der Waals surface area contributed by atoms with Crippen molar-refractivity contribution < 1.29 is 18.7 Å². The first-order valence-electron chi connectivity index (χ1n) is 10.6.